The van der Waals surface area contributed by atoms with Crippen molar-refractivity contribution in [2.24, 2.45) is 0 Å². The summed E-state index contributed by atoms with van der Waals surface area (Å²) < 4.78 is 37.0. The van der Waals surface area contributed by atoms with Crippen LogP contribution in [0, 0.1) is 0 Å². The number of benzene rings is 2. The summed E-state index contributed by atoms with van der Waals surface area (Å²) in [5, 5.41) is 2.62. The smallest absolute Gasteiger partial charge is 0.306 e. The Bertz CT molecular complexity index is 914. The highest BCUT2D eigenvalue weighted by Crippen LogP contribution is 2.14. The molecule has 2 aromatic rings. The zero-order valence-corrected chi connectivity index (χ0v) is 17.6. The number of sulfonamides is 1. The van der Waals surface area contributed by atoms with E-state index in [1.165, 1.54) is 31.4 Å². The maximum atomic E-state index is 12.4. The quantitative estimate of drug-likeness (QED) is 0.391. The van der Waals surface area contributed by atoms with Crippen LogP contribution >= 0.6 is 0 Å². The Labute approximate surface area is 176 Å². The predicted molar refractivity (Wildman–Crippen MR) is 112 cm³/mol. The Morgan fingerprint density at radius 1 is 0.933 bits per heavy atom. The van der Waals surface area contributed by atoms with Crippen molar-refractivity contribution in [1.82, 2.24) is 4.72 Å². The molecule has 0 spiro atoms. The second-order valence-corrected chi connectivity index (χ2v) is 8.19. The van der Waals surface area contributed by atoms with Crippen molar-refractivity contribution in [3.05, 3.63) is 60.2 Å². The molecule has 0 fully saturated rings. The average Bonchev–Trinajstić information content (AvgIpc) is 2.73. The molecule has 30 heavy (non-hydrogen) atoms. The van der Waals surface area contributed by atoms with Gasteiger partial charge in [-0.05, 0) is 36.2 Å². The fourth-order valence-electron chi connectivity index (χ4n) is 2.53. The van der Waals surface area contributed by atoms with Crippen LogP contribution in [-0.2, 0) is 35.5 Å². The summed E-state index contributed by atoms with van der Waals surface area (Å²) >= 11 is 0. The average molecular weight is 435 g/mol. The van der Waals surface area contributed by atoms with Gasteiger partial charge in [-0.15, -0.1) is 0 Å². The van der Waals surface area contributed by atoms with Crippen molar-refractivity contribution < 1.29 is 27.5 Å². The third kappa shape index (κ3) is 8.32. The van der Waals surface area contributed by atoms with Crippen molar-refractivity contribution in [2.45, 2.75) is 24.2 Å². The van der Waals surface area contributed by atoms with Gasteiger partial charge < -0.3 is 14.8 Å². The third-order valence-corrected chi connectivity index (χ3v) is 5.58. The molecular weight excluding hydrogens is 408 g/mol. The first-order valence-electron chi connectivity index (χ1n) is 9.49. The van der Waals surface area contributed by atoms with E-state index in [-0.39, 0.29) is 36.8 Å². The number of rotatable bonds is 12. The Kier molecular flexibility index (Phi) is 9.46. The molecule has 1 amide bonds. The summed E-state index contributed by atoms with van der Waals surface area (Å²) in [7, 11) is -2.14. The van der Waals surface area contributed by atoms with Crippen LogP contribution in [0.5, 0.6) is 0 Å². The molecule has 0 saturated heterocycles. The number of nitrogens with one attached hydrogen (secondary N) is 2. The highest BCUT2D eigenvalue weighted by Gasteiger charge is 2.14. The van der Waals surface area contributed by atoms with Gasteiger partial charge in [0.25, 0.3) is 0 Å². The molecule has 0 saturated carbocycles. The molecule has 2 aromatic carbocycles. The van der Waals surface area contributed by atoms with E-state index < -0.39 is 16.0 Å². The molecule has 8 nitrogen and oxygen atoms in total. The summed E-state index contributed by atoms with van der Waals surface area (Å²) in [6, 6.07) is 15.4. The van der Waals surface area contributed by atoms with Crippen molar-refractivity contribution in [2.75, 3.05) is 32.2 Å². The van der Waals surface area contributed by atoms with Gasteiger partial charge in [0, 0.05) is 25.8 Å². The van der Waals surface area contributed by atoms with E-state index in [2.05, 4.69) is 10.0 Å². The number of ether oxygens (including phenoxy) is 2. The third-order valence-electron chi connectivity index (χ3n) is 4.10. The summed E-state index contributed by atoms with van der Waals surface area (Å²) in [6.07, 6.45) is 0.502. The van der Waals surface area contributed by atoms with Crippen LogP contribution < -0.4 is 10.0 Å². The second-order valence-electron chi connectivity index (χ2n) is 6.42. The molecule has 2 rings (SSSR count). The van der Waals surface area contributed by atoms with E-state index in [1.807, 2.05) is 30.3 Å². The van der Waals surface area contributed by atoms with Gasteiger partial charge in [-0.1, -0.05) is 30.3 Å². The molecule has 2 N–H and O–H groups in total. The fourth-order valence-corrected chi connectivity index (χ4v) is 3.56. The van der Waals surface area contributed by atoms with Crippen LogP contribution in [0.1, 0.15) is 18.4 Å². The minimum absolute atomic E-state index is 0.0348. The molecule has 0 aromatic heterocycles. The number of carbonyl (C=O) groups excluding carboxylic acids is 2. The van der Waals surface area contributed by atoms with Crippen LogP contribution in [0.15, 0.2) is 59.5 Å². The number of amides is 1. The predicted octanol–water partition coefficient (Wildman–Crippen LogP) is 2.12. The van der Waals surface area contributed by atoms with Gasteiger partial charge >= 0.3 is 5.97 Å². The summed E-state index contributed by atoms with van der Waals surface area (Å²) in [6.45, 7) is 0.728. The van der Waals surface area contributed by atoms with Gasteiger partial charge in [-0.3, -0.25) is 9.59 Å². The molecule has 0 bridgehead atoms. The van der Waals surface area contributed by atoms with E-state index >= 15 is 0 Å². The van der Waals surface area contributed by atoms with E-state index in [4.69, 9.17) is 9.47 Å². The summed E-state index contributed by atoms with van der Waals surface area (Å²) in [5.74, 6) is -0.847. The van der Waals surface area contributed by atoms with Crippen LogP contribution in [-0.4, -0.2) is 47.2 Å². The Morgan fingerprint density at radius 2 is 1.63 bits per heavy atom. The lowest BCUT2D eigenvalue weighted by atomic mass is 10.2. The maximum absolute atomic E-state index is 12.4. The second kappa shape index (κ2) is 12.1. The minimum atomic E-state index is -3.64. The van der Waals surface area contributed by atoms with Gasteiger partial charge in [-0.25, -0.2) is 13.1 Å². The fraction of sp³-hybridized carbons (Fsp3) is 0.333. The number of anilines is 1. The van der Waals surface area contributed by atoms with Gasteiger partial charge in [0.2, 0.25) is 15.9 Å². The van der Waals surface area contributed by atoms with Crippen molar-refractivity contribution in [1.29, 1.82) is 0 Å². The number of hydrogen-bond acceptors (Lipinski definition) is 6. The molecule has 0 heterocycles. The number of carbonyl (C=O) groups is 2. The monoisotopic (exact) mass is 434 g/mol. The lowest BCUT2D eigenvalue weighted by Crippen LogP contribution is -2.26. The highest BCUT2D eigenvalue weighted by molar-refractivity contribution is 7.89. The molecule has 9 heteroatoms. The summed E-state index contributed by atoms with van der Waals surface area (Å²) in [4.78, 5) is 23.5. The lowest BCUT2D eigenvalue weighted by Gasteiger charge is -2.09. The van der Waals surface area contributed by atoms with Gasteiger partial charge in [0.1, 0.15) is 6.61 Å². The van der Waals surface area contributed by atoms with E-state index in [0.717, 1.165) is 5.56 Å². The van der Waals surface area contributed by atoms with Crippen LogP contribution in [0.4, 0.5) is 5.69 Å². The molecule has 162 valence electrons. The largest absolute Gasteiger partial charge is 0.463 e. The standard InChI is InChI=1S/C21H26N2O6S/c1-28-15-16-29-21(25)12-11-20(24)23-18-7-9-19(10-8-18)30(26,27)22-14-13-17-5-3-2-4-6-17/h2-10,22H,11-16H2,1H3,(H,23,24). The molecule has 0 atom stereocenters. The van der Waals surface area contributed by atoms with Crippen LogP contribution in [0.2, 0.25) is 0 Å². The Morgan fingerprint density at radius 3 is 2.30 bits per heavy atom. The van der Waals surface area contributed by atoms with Gasteiger partial charge in [0.05, 0.1) is 17.9 Å². The highest BCUT2D eigenvalue weighted by atomic mass is 32.2. The minimum Gasteiger partial charge on any atom is -0.463 e. The van der Waals surface area contributed by atoms with Crippen molar-refractivity contribution in [3.8, 4) is 0 Å². The molecule has 0 unspecified atom stereocenters. The van der Waals surface area contributed by atoms with Gasteiger partial charge in [0.15, 0.2) is 0 Å². The van der Waals surface area contributed by atoms with Gasteiger partial charge in [-0.2, -0.15) is 0 Å². The Hall–Kier alpha value is -2.75. The van der Waals surface area contributed by atoms with E-state index in [0.29, 0.717) is 18.7 Å². The molecule has 0 aliphatic carbocycles. The van der Waals surface area contributed by atoms with Crippen molar-refractivity contribution >= 4 is 27.6 Å². The van der Waals surface area contributed by atoms with Crippen molar-refractivity contribution in [3.63, 3.8) is 0 Å². The maximum Gasteiger partial charge on any atom is 0.306 e. The summed E-state index contributed by atoms with van der Waals surface area (Å²) in [5.41, 5.74) is 1.48. The zero-order valence-electron chi connectivity index (χ0n) is 16.8. The first-order valence-corrected chi connectivity index (χ1v) is 11.0. The number of esters is 1. The molecule has 0 aliphatic rings. The first-order chi connectivity index (χ1) is 14.4. The molecule has 0 radical (unpaired) electrons. The van der Waals surface area contributed by atoms with E-state index in [9.17, 15) is 18.0 Å². The zero-order chi connectivity index (χ0) is 21.8. The molecule has 0 aliphatic heterocycles. The SMILES string of the molecule is COCCOC(=O)CCC(=O)Nc1ccc(S(=O)(=O)NCCc2ccccc2)cc1. The van der Waals surface area contributed by atoms with Crippen LogP contribution in [0.3, 0.4) is 0 Å². The first kappa shape index (κ1) is 23.5. The van der Waals surface area contributed by atoms with E-state index in [1.54, 1.807) is 0 Å². The lowest BCUT2D eigenvalue weighted by molar-refractivity contribution is -0.145. The molecular formula is C21H26N2O6S. The van der Waals surface area contributed by atoms with Crippen LogP contribution in [0.25, 0.3) is 0 Å². The number of hydrogen-bond donors (Lipinski definition) is 2. The normalized spacial score (nSPS) is 11.1. The topological polar surface area (TPSA) is 111 Å². The Balaban J connectivity index is 1.79. The number of methoxy groups -OCH3 is 1.